The number of carbonyl (C=O) groups excluding carboxylic acids is 1. The quantitative estimate of drug-likeness (QED) is 0.787. The SMILES string of the molecule is CCOc1ccc(CNC(=O)c2cn3ccccc3n2)cc1. The van der Waals surface area contributed by atoms with Crippen LogP contribution in [0.4, 0.5) is 0 Å². The number of hydrogen-bond donors (Lipinski definition) is 1. The normalized spacial score (nSPS) is 10.6. The third kappa shape index (κ3) is 3.09. The van der Waals surface area contributed by atoms with E-state index in [0.29, 0.717) is 18.8 Å². The lowest BCUT2D eigenvalue weighted by molar-refractivity contribution is 0.0946. The van der Waals surface area contributed by atoms with E-state index in [-0.39, 0.29) is 5.91 Å². The molecule has 1 amide bonds. The van der Waals surface area contributed by atoms with Gasteiger partial charge in [-0.3, -0.25) is 4.79 Å². The van der Waals surface area contributed by atoms with Crippen LogP contribution in [0.25, 0.3) is 5.65 Å². The standard InChI is InChI=1S/C17H17N3O2/c1-2-22-14-8-6-13(7-9-14)11-18-17(21)15-12-20-10-4-3-5-16(20)19-15/h3-10,12H,2,11H2,1H3,(H,18,21). The molecular weight excluding hydrogens is 278 g/mol. The molecule has 112 valence electrons. The second kappa shape index (κ2) is 6.30. The van der Waals surface area contributed by atoms with Crippen LogP contribution in [0.5, 0.6) is 5.75 Å². The number of rotatable bonds is 5. The third-order valence-corrected chi connectivity index (χ3v) is 3.28. The summed E-state index contributed by atoms with van der Waals surface area (Å²) in [5.41, 5.74) is 2.19. The van der Waals surface area contributed by atoms with Gasteiger partial charge in [0.25, 0.3) is 5.91 Å². The first-order valence-electron chi connectivity index (χ1n) is 7.20. The van der Waals surface area contributed by atoms with E-state index in [1.165, 1.54) is 0 Å². The summed E-state index contributed by atoms with van der Waals surface area (Å²) in [6, 6.07) is 13.3. The molecule has 0 aliphatic rings. The van der Waals surface area contributed by atoms with E-state index in [1.54, 1.807) is 6.20 Å². The van der Waals surface area contributed by atoms with Gasteiger partial charge >= 0.3 is 0 Å². The highest BCUT2D eigenvalue weighted by Gasteiger charge is 2.10. The summed E-state index contributed by atoms with van der Waals surface area (Å²) < 4.78 is 7.21. The Kier molecular flexibility index (Phi) is 4.05. The summed E-state index contributed by atoms with van der Waals surface area (Å²) in [4.78, 5) is 16.4. The Bertz CT molecular complexity index is 745. The van der Waals surface area contributed by atoms with Crippen LogP contribution in [0.1, 0.15) is 23.0 Å². The molecule has 0 atom stereocenters. The third-order valence-electron chi connectivity index (χ3n) is 3.28. The second-order valence-electron chi connectivity index (χ2n) is 4.85. The highest BCUT2D eigenvalue weighted by atomic mass is 16.5. The van der Waals surface area contributed by atoms with Crippen molar-refractivity contribution in [1.82, 2.24) is 14.7 Å². The van der Waals surface area contributed by atoms with E-state index < -0.39 is 0 Å². The van der Waals surface area contributed by atoms with Crippen LogP contribution in [-0.4, -0.2) is 21.9 Å². The molecule has 0 aliphatic heterocycles. The van der Waals surface area contributed by atoms with Gasteiger partial charge in [0, 0.05) is 18.9 Å². The average molecular weight is 295 g/mol. The first-order valence-corrected chi connectivity index (χ1v) is 7.20. The van der Waals surface area contributed by atoms with Crippen molar-refractivity contribution in [3.63, 3.8) is 0 Å². The van der Waals surface area contributed by atoms with E-state index in [9.17, 15) is 4.79 Å². The van der Waals surface area contributed by atoms with Gasteiger partial charge in [0.15, 0.2) is 0 Å². The van der Waals surface area contributed by atoms with Crippen molar-refractivity contribution in [2.45, 2.75) is 13.5 Å². The fourth-order valence-corrected chi connectivity index (χ4v) is 2.19. The Balaban J connectivity index is 1.64. The van der Waals surface area contributed by atoms with Crippen LogP contribution in [-0.2, 0) is 6.54 Å². The number of aromatic nitrogens is 2. The molecule has 2 heterocycles. The highest BCUT2D eigenvalue weighted by Crippen LogP contribution is 2.12. The fourth-order valence-electron chi connectivity index (χ4n) is 2.19. The number of imidazole rings is 1. The van der Waals surface area contributed by atoms with Crippen LogP contribution in [0.2, 0.25) is 0 Å². The van der Waals surface area contributed by atoms with Gasteiger partial charge in [-0.15, -0.1) is 0 Å². The fraction of sp³-hybridized carbons (Fsp3) is 0.176. The van der Waals surface area contributed by atoms with Crippen LogP contribution in [0, 0.1) is 0 Å². The van der Waals surface area contributed by atoms with E-state index in [4.69, 9.17) is 4.74 Å². The van der Waals surface area contributed by atoms with Gasteiger partial charge in [0.05, 0.1) is 6.61 Å². The molecule has 2 aromatic heterocycles. The number of amides is 1. The van der Waals surface area contributed by atoms with Crippen molar-refractivity contribution in [3.05, 3.63) is 66.1 Å². The zero-order valence-corrected chi connectivity index (χ0v) is 12.3. The number of pyridine rings is 1. The summed E-state index contributed by atoms with van der Waals surface area (Å²) in [6.07, 6.45) is 3.59. The molecule has 0 spiro atoms. The Morgan fingerprint density at radius 1 is 1.23 bits per heavy atom. The van der Waals surface area contributed by atoms with Crippen molar-refractivity contribution in [2.24, 2.45) is 0 Å². The molecule has 3 aromatic rings. The number of carbonyl (C=O) groups is 1. The molecule has 0 unspecified atom stereocenters. The van der Waals surface area contributed by atoms with Crippen LogP contribution >= 0.6 is 0 Å². The summed E-state index contributed by atoms with van der Waals surface area (Å²) in [5, 5.41) is 2.87. The van der Waals surface area contributed by atoms with E-state index in [2.05, 4.69) is 10.3 Å². The van der Waals surface area contributed by atoms with Gasteiger partial charge in [-0.1, -0.05) is 18.2 Å². The van der Waals surface area contributed by atoms with E-state index >= 15 is 0 Å². The number of nitrogens with one attached hydrogen (secondary N) is 1. The van der Waals surface area contributed by atoms with E-state index in [1.807, 2.05) is 60.0 Å². The van der Waals surface area contributed by atoms with Crippen molar-refractivity contribution >= 4 is 11.6 Å². The average Bonchev–Trinajstić information content (AvgIpc) is 2.98. The smallest absolute Gasteiger partial charge is 0.271 e. The Morgan fingerprint density at radius 3 is 2.77 bits per heavy atom. The predicted octanol–water partition coefficient (Wildman–Crippen LogP) is 2.66. The lowest BCUT2D eigenvalue weighted by Gasteiger charge is -2.06. The summed E-state index contributed by atoms with van der Waals surface area (Å²) in [6.45, 7) is 3.05. The molecule has 0 fully saturated rings. The topological polar surface area (TPSA) is 55.6 Å². The molecule has 0 aliphatic carbocycles. The molecule has 0 saturated carbocycles. The van der Waals surface area contributed by atoms with E-state index in [0.717, 1.165) is 17.0 Å². The predicted molar refractivity (Wildman–Crippen MR) is 84.0 cm³/mol. The first kappa shape index (κ1) is 14.1. The van der Waals surface area contributed by atoms with Crippen LogP contribution in [0.15, 0.2) is 54.9 Å². The molecule has 0 saturated heterocycles. The maximum atomic E-state index is 12.1. The van der Waals surface area contributed by atoms with Crippen LogP contribution < -0.4 is 10.1 Å². The summed E-state index contributed by atoms with van der Waals surface area (Å²) in [7, 11) is 0. The molecule has 5 heteroatoms. The zero-order valence-electron chi connectivity index (χ0n) is 12.3. The molecule has 1 N–H and O–H groups in total. The molecule has 22 heavy (non-hydrogen) atoms. The van der Waals surface area contributed by atoms with Gasteiger partial charge < -0.3 is 14.5 Å². The maximum Gasteiger partial charge on any atom is 0.271 e. The second-order valence-corrected chi connectivity index (χ2v) is 4.85. The summed E-state index contributed by atoms with van der Waals surface area (Å²) >= 11 is 0. The number of ether oxygens (including phenoxy) is 1. The van der Waals surface area contributed by atoms with Gasteiger partial charge in [-0.25, -0.2) is 4.98 Å². The lowest BCUT2D eigenvalue weighted by Crippen LogP contribution is -2.23. The molecule has 0 bridgehead atoms. The molecule has 3 rings (SSSR count). The number of benzene rings is 1. The molecule has 5 nitrogen and oxygen atoms in total. The largest absolute Gasteiger partial charge is 0.494 e. The number of nitrogens with zero attached hydrogens (tertiary/aromatic N) is 2. The number of hydrogen-bond acceptors (Lipinski definition) is 3. The maximum absolute atomic E-state index is 12.1. The summed E-state index contributed by atoms with van der Waals surface area (Å²) in [5.74, 6) is 0.649. The minimum atomic E-state index is -0.183. The minimum Gasteiger partial charge on any atom is -0.494 e. The monoisotopic (exact) mass is 295 g/mol. The van der Waals surface area contributed by atoms with Crippen molar-refractivity contribution in [2.75, 3.05) is 6.61 Å². The van der Waals surface area contributed by atoms with Gasteiger partial charge in [-0.05, 0) is 36.8 Å². The number of fused-ring (bicyclic) bond motifs is 1. The first-order chi connectivity index (χ1) is 10.8. The minimum absolute atomic E-state index is 0.183. The molecule has 0 radical (unpaired) electrons. The lowest BCUT2D eigenvalue weighted by atomic mass is 10.2. The van der Waals surface area contributed by atoms with Crippen molar-refractivity contribution in [3.8, 4) is 5.75 Å². The van der Waals surface area contributed by atoms with Crippen molar-refractivity contribution < 1.29 is 9.53 Å². The zero-order chi connectivity index (χ0) is 15.4. The van der Waals surface area contributed by atoms with Gasteiger partial charge in [0.2, 0.25) is 0 Å². The Labute approximate surface area is 128 Å². The molecular formula is C17H17N3O2. The Morgan fingerprint density at radius 2 is 2.05 bits per heavy atom. The van der Waals surface area contributed by atoms with Crippen molar-refractivity contribution in [1.29, 1.82) is 0 Å². The van der Waals surface area contributed by atoms with Gasteiger partial charge in [-0.2, -0.15) is 0 Å². The van der Waals surface area contributed by atoms with Crippen LogP contribution in [0.3, 0.4) is 0 Å². The molecule has 1 aromatic carbocycles. The van der Waals surface area contributed by atoms with Gasteiger partial charge in [0.1, 0.15) is 17.1 Å². The Hall–Kier alpha value is -2.82. The highest BCUT2D eigenvalue weighted by molar-refractivity contribution is 5.92.